The van der Waals surface area contributed by atoms with Crippen LogP contribution >= 0.6 is 0 Å². The molecule has 1 aromatic carbocycles. The number of nitrogens with zero attached hydrogens (tertiary/aromatic N) is 3. The molecule has 0 unspecified atom stereocenters. The van der Waals surface area contributed by atoms with Crippen LogP contribution in [0.5, 0.6) is 0 Å². The summed E-state index contributed by atoms with van der Waals surface area (Å²) in [6.07, 6.45) is 4.36. The van der Waals surface area contributed by atoms with Gasteiger partial charge in [-0.05, 0) is 18.2 Å². The topological polar surface area (TPSA) is 83.6 Å². The zero-order valence-corrected chi connectivity index (χ0v) is 13.8. The van der Waals surface area contributed by atoms with Gasteiger partial charge in [-0.15, -0.1) is 0 Å². The number of nitrogens with one attached hydrogen (secondary N) is 2. The highest BCUT2D eigenvalue weighted by molar-refractivity contribution is 5.94. The molecular weight excluding hydrogens is 333 g/mol. The molecule has 26 heavy (non-hydrogen) atoms. The van der Waals surface area contributed by atoms with E-state index in [0.29, 0.717) is 16.9 Å². The third-order valence-electron chi connectivity index (χ3n) is 3.97. The number of hydrogen-bond donors (Lipinski definition) is 2. The Morgan fingerprint density at radius 2 is 1.96 bits per heavy atom. The Kier molecular flexibility index (Phi) is 3.89. The third kappa shape index (κ3) is 2.90. The summed E-state index contributed by atoms with van der Waals surface area (Å²) < 4.78 is 14.3. The van der Waals surface area contributed by atoms with Gasteiger partial charge in [-0.2, -0.15) is 0 Å². The molecule has 0 radical (unpaired) electrons. The van der Waals surface area contributed by atoms with Crippen molar-refractivity contribution in [1.29, 1.82) is 0 Å². The largest absolute Gasteiger partial charge is 0.360 e. The Hall–Kier alpha value is -3.61. The molecule has 3 aromatic heterocycles. The van der Waals surface area contributed by atoms with Crippen molar-refractivity contribution in [1.82, 2.24) is 19.9 Å². The number of halogens is 1. The number of aromatic amines is 1. The van der Waals surface area contributed by atoms with Gasteiger partial charge in [0.1, 0.15) is 11.4 Å². The van der Waals surface area contributed by atoms with E-state index in [2.05, 4.69) is 25.3 Å². The van der Waals surface area contributed by atoms with E-state index < -0.39 is 5.82 Å². The van der Waals surface area contributed by atoms with Crippen LogP contribution in [-0.4, -0.2) is 25.7 Å². The average Bonchev–Trinajstić information content (AvgIpc) is 3.08. The molecule has 0 aliphatic carbocycles. The second-order valence-electron chi connectivity index (χ2n) is 5.75. The molecule has 4 aromatic rings. The third-order valence-corrected chi connectivity index (χ3v) is 3.97. The summed E-state index contributed by atoms with van der Waals surface area (Å²) in [5.41, 5.74) is 2.74. The summed E-state index contributed by atoms with van der Waals surface area (Å²) in [6.45, 7) is 1.45. The number of benzene rings is 1. The molecule has 4 rings (SSSR count). The molecule has 0 aliphatic rings. The molecule has 128 valence electrons. The lowest BCUT2D eigenvalue weighted by Gasteiger charge is -2.07. The molecule has 0 saturated carbocycles. The molecule has 0 saturated heterocycles. The monoisotopic (exact) mass is 347 g/mol. The lowest BCUT2D eigenvalue weighted by atomic mass is 10.1. The second kappa shape index (κ2) is 6.36. The Morgan fingerprint density at radius 1 is 1.12 bits per heavy atom. The van der Waals surface area contributed by atoms with Crippen LogP contribution in [0.3, 0.4) is 0 Å². The number of anilines is 2. The molecule has 7 heteroatoms. The van der Waals surface area contributed by atoms with E-state index >= 15 is 0 Å². The maximum atomic E-state index is 14.3. The number of aromatic nitrogens is 4. The minimum Gasteiger partial charge on any atom is -0.360 e. The van der Waals surface area contributed by atoms with Gasteiger partial charge in [-0.1, -0.05) is 18.2 Å². The SMILES string of the molecule is CC(=O)c1ccc(Nc2ncc(F)c(-c3c[nH]c4ccccc34)n2)cn1. The standard InChI is InChI=1S/C19H14FN5O/c1-11(26)16-7-6-12(8-21-16)24-19-23-10-15(20)18(25-19)14-9-22-17-5-3-2-4-13(14)17/h2-10,22H,1H3,(H,23,24,25). The highest BCUT2D eigenvalue weighted by Crippen LogP contribution is 2.29. The van der Waals surface area contributed by atoms with Crippen molar-refractivity contribution in [2.45, 2.75) is 6.92 Å². The number of rotatable bonds is 4. The van der Waals surface area contributed by atoms with Gasteiger partial charge in [0, 0.05) is 29.6 Å². The molecule has 3 heterocycles. The highest BCUT2D eigenvalue weighted by Gasteiger charge is 2.14. The van der Waals surface area contributed by atoms with Gasteiger partial charge >= 0.3 is 0 Å². The number of hydrogen-bond acceptors (Lipinski definition) is 5. The predicted octanol–water partition coefficient (Wildman–Crippen LogP) is 4.11. The normalized spacial score (nSPS) is 10.8. The minimum absolute atomic E-state index is 0.115. The van der Waals surface area contributed by atoms with E-state index in [1.54, 1.807) is 18.3 Å². The maximum absolute atomic E-state index is 14.3. The maximum Gasteiger partial charge on any atom is 0.227 e. The number of H-pyrrole nitrogens is 1. The van der Waals surface area contributed by atoms with Crippen molar-refractivity contribution in [3.8, 4) is 11.3 Å². The van der Waals surface area contributed by atoms with Crippen LogP contribution in [0, 0.1) is 5.82 Å². The molecule has 0 atom stereocenters. The minimum atomic E-state index is -0.509. The van der Waals surface area contributed by atoms with Crippen molar-refractivity contribution >= 4 is 28.3 Å². The average molecular weight is 347 g/mol. The Balaban J connectivity index is 1.69. The quantitative estimate of drug-likeness (QED) is 0.543. The van der Waals surface area contributed by atoms with Gasteiger partial charge < -0.3 is 10.3 Å². The fraction of sp³-hybridized carbons (Fsp3) is 0.0526. The van der Waals surface area contributed by atoms with Crippen molar-refractivity contribution in [2.24, 2.45) is 0 Å². The Bertz CT molecular complexity index is 1100. The van der Waals surface area contributed by atoms with Crippen LogP contribution in [0.25, 0.3) is 22.2 Å². The lowest BCUT2D eigenvalue weighted by molar-refractivity contribution is 0.101. The fourth-order valence-electron chi connectivity index (χ4n) is 2.69. The van der Waals surface area contributed by atoms with E-state index in [-0.39, 0.29) is 17.4 Å². The van der Waals surface area contributed by atoms with Crippen LogP contribution in [0.4, 0.5) is 16.0 Å². The van der Waals surface area contributed by atoms with Gasteiger partial charge in [0.2, 0.25) is 5.95 Å². The van der Waals surface area contributed by atoms with Crippen molar-refractivity contribution in [2.75, 3.05) is 5.32 Å². The summed E-state index contributed by atoms with van der Waals surface area (Å²) in [5.74, 6) is -0.384. The zero-order valence-electron chi connectivity index (χ0n) is 13.8. The molecular formula is C19H14FN5O. The predicted molar refractivity (Wildman–Crippen MR) is 96.8 cm³/mol. The first-order valence-corrected chi connectivity index (χ1v) is 7.95. The summed E-state index contributed by atoms with van der Waals surface area (Å²) in [4.78, 5) is 26.7. The molecule has 0 spiro atoms. The number of carbonyl (C=O) groups is 1. The number of carbonyl (C=O) groups excluding carboxylic acids is 1. The number of pyridine rings is 1. The van der Waals surface area contributed by atoms with Crippen LogP contribution in [-0.2, 0) is 0 Å². The summed E-state index contributed by atoms with van der Waals surface area (Å²) in [5, 5.41) is 3.85. The van der Waals surface area contributed by atoms with E-state index in [4.69, 9.17) is 0 Å². The second-order valence-corrected chi connectivity index (χ2v) is 5.75. The highest BCUT2D eigenvalue weighted by atomic mass is 19.1. The zero-order chi connectivity index (χ0) is 18.1. The first kappa shape index (κ1) is 15.9. The Morgan fingerprint density at radius 3 is 2.73 bits per heavy atom. The van der Waals surface area contributed by atoms with Gasteiger partial charge in [0.05, 0.1) is 18.1 Å². The van der Waals surface area contributed by atoms with Crippen LogP contribution in [0.15, 0.2) is 55.0 Å². The number of ketones is 1. The van der Waals surface area contributed by atoms with Crippen molar-refractivity contribution < 1.29 is 9.18 Å². The first-order chi connectivity index (χ1) is 12.6. The fourth-order valence-corrected chi connectivity index (χ4v) is 2.69. The van der Waals surface area contributed by atoms with Crippen LogP contribution < -0.4 is 5.32 Å². The van der Waals surface area contributed by atoms with Gasteiger partial charge in [-0.3, -0.25) is 9.78 Å². The smallest absolute Gasteiger partial charge is 0.227 e. The number of fused-ring (bicyclic) bond motifs is 1. The van der Waals surface area contributed by atoms with Gasteiger partial charge in [0.15, 0.2) is 11.6 Å². The van der Waals surface area contributed by atoms with E-state index in [1.807, 2.05) is 24.3 Å². The molecule has 0 amide bonds. The first-order valence-electron chi connectivity index (χ1n) is 7.95. The van der Waals surface area contributed by atoms with E-state index in [9.17, 15) is 9.18 Å². The summed E-state index contributed by atoms with van der Waals surface area (Å²) in [7, 11) is 0. The molecule has 6 nitrogen and oxygen atoms in total. The van der Waals surface area contributed by atoms with Gasteiger partial charge in [0.25, 0.3) is 0 Å². The van der Waals surface area contributed by atoms with Crippen LogP contribution in [0.2, 0.25) is 0 Å². The molecule has 2 N–H and O–H groups in total. The molecule has 0 bridgehead atoms. The number of para-hydroxylation sites is 1. The summed E-state index contributed by atoms with van der Waals surface area (Å²) >= 11 is 0. The van der Waals surface area contributed by atoms with Gasteiger partial charge in [-0.25, -0.2) is 14.4 Å². The Labute approximate surface area is 148 Å². The summed E-state index contributed by atoms with van der Waals surface area (Å²) in [6, 6.07) is 10.9. The van der Waals surface area contributed by atoms with E-state index in [1.165, 1.54) is 13.1 Å². The van der Waals surface area contributed by atoms with Crippen molar-refractivity contribution in [3.05, 3.63) is 66.5 Å². The molecule has 0 aliphatic heterocycles. The lowest BCUT2D eigenvalue weighted by Crippen LogP contribution is -2.02. The number of Topliss-reactive ketones (excluding diaryl/α,β-unsaturated/α-hetero) is 1. The van der Waals surface area contributed by atoms with Crippen LogP contribution in [0.1, 0.15) is 17.4 Å². The van der Waals surface area contributed by atoms with Crippen molar-refractivity contribution in [3.63, 3.8) is 0 Å². The molecule has 0 fully saturated rings. The van der Waals surface area contributed by atoms with E-state index in [0.717, 1.165) is 17.1 Å².